The van der Waals surface area contributed by atoms with Crippen LogP contribution in [-0.2, 0) is 4.79 Å². The number of nitrogens with zero attached hydrogens (tertiary/aromatic N) is 2. The average molecular weight is 333 g/mol. The monoisotopic (exact) mass is 333 g/mol. The molecule has 1 aliphatic rings. The highest BCUT2D eigenvalue weighted by Gasteiger charge is 2.41. The topological polar surface area (TPSA) is 101 Å². The molecule has 1 N–H and O–H groups in total. The fraction of sp³-hybridized carbons (Fsp3) is 0.438. The Morgan fingerprint density at radius 1 is 1.29 bits per heavy atom. The highest BCUT2D eigenvalue weighted by atomic mass is 16.5. The van der Waals surface area contributed by atoms with Gasteiger partial charge in [-0.3, -0.25) is 9.59 Å². The van der Waals surface area contributed by atoms with Crippen molar-refractivity contribution in [2.24, 2.45) is 0 Å². The number of hydrogen-bond donors (Lipinski definition) is 1. The molecule has 8 heteroatoms. The summed E-state index contributed by atoms with van der Waals surface area (Å²) in [6.45, 7) is 0.756. The number of carbonyl (C=O) groups is 2. The molecule has 2 amide bonds. The number of carbonyl (C=O) groups excluding carboxylic acids is 2. The second-order valence-electron chi connectivity index (χ2n) is 5.06. The van der Waals surface area contributed by atoms with Crippen molar-refractivity contribution in [3.63, 3.8) is 0 Å². The maximum Gasteiger partial charge on any atom is 0.255 e. The van der Waals surface area contributed by atoms with E-state index in [0.29, 0.717) is 54.3 Å². The molecule has 1 atom stereocenters. The maximum absolute atomic E-state index is 12.7. The van der Waals surface area contributed by atoms with E-state index in [1.54, 1.807) is 6.07 Å². The Kier molecular flexibility index (Phi) is 5.47. The van der Waals surface area contributed by atoms with Crippen LogP contribution in [0, 0.1) is 11.3 Å². The lowest BCUT2D eigenvalue weighted by atomic mass is 10.0. The number of amides is 2. The van der Waals surface area contributed by atoms with Crippen LogP contribution >= 0.6 is 0 Å². The number of rotatable bonds is 8. The fourth-order valence-corrected chi connectivity index (χ4v) is 2.83. The Bertz CT molecular complexity index is 683. The van der Waals surface area contributed by atoms with Gasteiger partial charge in [-0.25, -0.2) is 0 Å². The van der Waals surface area contributed by atoms with Crippen LogP contribution in [0.4, 0.5) is 0 Å². The van der Waals surface area contributed by atoms with Crippen LogP contribution in [-0.4, -0.2) is 51.6 Å². The number of fused-ring (bicyclic) bond motifs is 1. The van der Waals surface area contributed by atoms with Crippen molar-refractivity contribution in [2.75, 3.05) is 34.4 Å². The Morgan fingerprint density at radius 3 is 2.54 bits per heavy atom. The van der Waals surface area contributed by atoms with Crippen molar-refractivity contribution < 1.29 is 23.8 Å². The lowest BCUT2D eigenvalue weighted by Crippen LogP contribution is -2.30. The molecular formula is C16H19N3O5. The number of hydrogen-bond acceptors (Lipinski definition) is 6. The van der Waals surface area contributed by atoms with Gasteiger partial charge in [-0.1, -0.05) is 0 Å². The first-order valence-electron chi connectivity index (χ1n) is 7.35. The summed E-state index contributed by atoms with van der Waals surface area (Å²) in [5.74, 6) is 0.751. The van der Waals surface area contributed by atoms with Crippen LogP contribution in [0.3, 0.4) is 0 Å². The van der Waals surface area contributed by atoms with Crippen LogP contribution in [0.25, 0.3) is 0 Å². The average Bonchev–Trinajstić information content (AvgIpc) is 2.88. The molecule has 0 aromatic heterocycles. The van der Waals surface area contributed by atoms with Gasteiger partial charge >= 0.3 is 0 Å². The molecule has 0 radical (unpaired) electrons. The van der Waals surface area contributed by atoms with Crippen molar-refractivity contribution in [1.82, 2.24) is 10.2 Å². The summed E-state index contributed by atoms with van der Waals surface area (Å²) >= 11 is 0. The number of nitrogens with one attached hydrogen (secondary N) is 1. The second kappa shape index (κ2) is 7.55. The molecule has 1 aliphatic heterocycles. The third-order valence-corrected chi connectivity index (χ3v) is 3.87. The number of nitriles is 1. The molecule has 2 rings (SSSR count). The lowest BCUT2D eigenvalue weighted by molar-refractivity contribution is -0.109. The van der Waals surface area contributed by atoms with Gasteiger partial charge in [0.25, 0.3) is 5.91 Å². The van der Waals surface area contributed by atoms with Gasteiger partial charge in [0, 0.05) is 18.7 Å². The SMILES string of the molecule is COc1cc2c(c(OC)c1OC)C(C#N)N(CCCNC=O)C2=O. The first-order valence-corrected chi connectivity index (χ1v) is 7.35. The summed E-state index contributed by atoms with van der Waals surface area (Å²) in [6, 6.07) is 2.93. The minimum absolute atomic E-state index is 0.276. The number of ether oxygens (including phenoxy) is 3. The molecule has 0 aliphatic carbocycles. The predicted molar refractivity (Wildman–Crippen MR) is 84.2 cm³/mol. The molecule has 1 aromatic carbocycles. The smallest absolute Gasteiger partial charge is 0.255 e. The summed E-state index contributed by atoms with van der Waals surface area (Å²) < 4.78 is 16.0. The predicted octanol–water partition coefficient (Wildman–Crippen LogP) is 0.869. The normalized spacial score (nSPS) is 15.5. The molecule has 1 unspecified atom stereocenters. The Hall–Kier alpha value is -2.95. The first kappa shape index (κ1) is 17.4. The molecule has 0 spiro atoms. The molecule has 8 nitrogen and oxygen atoms in total. The Balaban J connectivity index is 2.45. The van der Waals surface area contributed by atoms with Gasteiger partial charge in [-0.2, -0.15) is 5.26 Å². The molecule has 0 fully saturated rings. The van der Waals surface area contributed by atoms with Crippen molar-refractivity contribution >= 4 is 12.3 Å². The lowest BCUT2D eigenvalue weighted by Gasteiger charge is -2.20. The highest BCUT2D eigenvalue weighted by molar-refractivity contribution is 6.01. The van der Waals surface area contributed by atoms with Crippen molar-refractivity contribution in [3.05, 3.63) is 17.2 Å². The largest absolute Gasteiger partial charge is 0.493 e. The molecule has 0 saturated heterocycles. The van der Waals surface area contributed by atoms with Gasteiger partial charge in [0.1, 0.15) is 6.04 Å². The van der Waals surface area contributed by atoms with Crippen LogP contribution in [0.5, 0.6) is 17.2 Å². The summed E-state index contributed by atoms with van der Waals surface area (Å²) in [7, 11) is 4.38. The van der Waals surface area contributed by atoms with E-state index in [2.05, 4.69) is 11.4 Å². The van der Waals surface area contributed by atoms with Gasteiger partial charge in [0.05, 0.1) is 33.0 Å². The highest BCUT2D eigenvalue weighted by Crippen LogP contribution is 2.49. The zero-order valence-corrected chi connectivity index (χ0v) is 13.8. The number of methoxy groups -OCH3 is 3. The number of benzene rings is 1. The van der Waals surface area contributed by atoms with Crippen molar-refractivity contribution in [1.29, 1.82) is 5.26 Å². The minimum atomic E-state index is -0.779. The molecule has 24 heavy (non-hydrogen) atoms. The molecule has 128 valence electrons. The van der Waals surface area contributed by atoms with E-state index < -0.39 is 6.04 Å². The van der Waals surface area contributed by atoms with Gasteiger partial charge in [-0.15, -0.1) is 0 Å². The van der Waals surface area contributed by atoms with Crippen molar-refractivity contribution in [2.45, 2.75) is 12.5 Å². The van der Waals surface area contributed by atoms with E-state index in [1.807, 2.05) is 0 Å². The standard InChI is InChI=1S/C16H19N3O5/c1-22-12-7-10-13(15(24-3)14(12)23-2)11(8-17)19(16(10)21)6-4-5-18-9-20/h7,9,11H,4-6H2,1-3H3,(H,18,20). The van der Waals surface area contributed by atoms with E-state index in [4.69, 9.17) is 14.2 Å². The molecule has 1 heterocycles. The maximum atomic E-state index is 12.7. The third-order valence-electron chi connectivity index (χ3n) is 3.87. The second-order valence-corrected chi connectivity index (χ2v) is 5.06. The third kappa shape index (κ3) is 2.80. The summed E-state index contributed by atoms with van der Waals surface area (Å²) in [6.07, 6.45) is 1.13. The minimum Gasteiger partial charge on any atom is -0.493 e. The Morgan fingerprint density at radius 2 is 2.00 bits per heavy atom. The van der Waals surface area contributed by atoms with Crippen LogP contribution < -0.4 is 19.5 Å². The van der Waals surface area contributed by atoms with Crippen LogP contribution in [0.1, 0.15) is 28.4 Å². The van der Waals surface area contributed by atoms with Crippen molar-refractivity contribution in [3.8, 4) is 23.3 Å². The zero-order valence-electron chi connectivity index (χ0n) is 13.8. The quantitative estimate of drug-likeness (QED) is 0.559. The molecular weight excluding hydrogens is 314 g/mol. The van der Waals surface area contributed by atoms with E-state index in [-0.39, 0.29) is 5.91 Å². The van der Waals surface area contributed by atoms with E-state index in [9.17, 15) is 14.9 Å². The van der Waals surface area contributed by atoms with E-state index in [0.717, 1.165) is 0 Å². The zero-order chi connectivity index (χ0) is 17.7. The van der Waals surface area contributed by atoms with Gasteiger partial charge < -0.3 is 24.4 Å². The fourth-order valence-electron chi connectivity index (χ4n) is 2.83. The van der Waals surface area contributed by atoms with Gasteiger partial charge in [0.2, 0.25) is 12.2 Å². The summed E-state index contributed by atoms with van der Waals surface area (Å²) in [4.78, 5) is 24.5. The Labute approximate surface area is 139 Å². The first-order chi connectivity index (χ1) is 11.6. The molecule has 0 saturated carbocycles. The molecule has 1 aromatic rings. The van der Waals surface area contributed by atoms with E-state index in [1.165, 1.54) is 26.2 Å². The molecule has 0 bridgehead atoms. The summed E-state index contributed by atoms with van der Waals surface area (Å²) in [5, 5.41) is 12.1. The van der Waals surface area contributed by atoms with E-state index >= 15 is 0 Å². The van der Waals surface area contributed by atoms with Gasteiger partial charge in [-0.05, 0) is 12.5 Å². The van der Waals surface area contributed by atoms with Crippen LogP contribution in [0.15, 0.2) is 6.07 Å². The summed E-state index contributed by atoms with van der Waals surface area (Å²) in [5.41, 5.74) is 0.838. The van der Waals surface area contributed by atoms with Crippen LogP contribution in [0.2, 0.25) is 0 Å². The van der Waals surface area contributed by atoms with Gasteiger partial charge in [0.15, 0.2) is 11.5 Å².